The average molecular weight is 629 g/mol. The van der Waals surface area contributed by atoms with Gasteiger partial charge in [0, 0.05) is 0 Å². The molecular weight excluding hydrogens is 579 g/mol. The van der Waals surface area contributed by atoms with E-state index < -0.39 is 29.9 Å². The zero-order valence-corrected chi connectivity index (χ0v) is 27.0. The zero-order valence-electron chi connectivity index (χ0n) is 24.2. The van der Waals surface area contributed by atoms with Crippen molar-refractivity contribution >= 4 is 24.3 Å². The molecule has 1 fully saturated rings. The standard InChI is InChI=1S/C21H23O4.3C4H9.Sn/c1-24-20(23)21(12-13-25-15-21)18(16-8-4-2-5-9-16)14-19(22)17-10-6-3-7-11-17;3*1-3-4-2;/h2-11,15,18-19,22H,12-14H2,1H3;3*1,3-4H2,2H3;/t18-,19+,21-;;;;/m1..../s1. The Kier molecular flexibility index (Phi) is 12.6. The molecule has 0 radical (unpaired) electrons. The maximum atomic E-state index is 14.2. The molecule has 0 aromatic heterocycles. The van der Waals surface area contributed by atoms with Crippen LogP contribution in [-0.4, -0.2) is 47.3 Å². The van der Waals surface area contributed by atoms with E-state index in [0.29, 0.717) is 19.4 Å². The van der Waals surface area contributed by atoms with Gasteiger partial charge in [-0.2, -0.15) is 0 Å². The van der Waals surface area contributed by atoms with Crippen LogP contribution < -0.4 is 0 Å². The van der Waals surface area contributed by atoms with Crippen LogP contribution in [-0.2, 0) is 14.3 Å². The van der Waals surface area contributed by atoms with Crippen molar-refractivity contribution in [3.05, 3.63) is 71.8 Å². The van der Waals surface area contributed by atoms with Crippen molar-refractivity contribution in [1.82, 2.24) is 0 Å². The number of carbonyl (C=O) groups is 1. The van der Waals surface area contributed by atoms with Crippen LogP contribution in [0.2, 0.25) is 13.3 Å². The molecule has 1 aliphatic rings. The van der Waals surface area contributed by atoms with Gasteiger partial charge < -0.3 is 0 Å². The van der Waals surface area contributed by atoms with Gasteiger partial charge in [-0.1, -0.05) is 0 Å². The number of aliphatic hydroxyl groups excluding tert-OH is 1. The topological polar surface area (TPSA) is 55.8 Å². The van der Waals surface area contributed by atoms with Crippen LogP contribution in [0.25, 0.3) is 0 Å². The van der Waals surface area contributed by atoms with E-state index in [9.17, 15) is 9.90 Å². The fraction of sp³-hybridized carbons (Fsp3) is 0.606. The van der Waals surface area contributed by atoms with E-state index in [1.165, 1.54) is 58.9 Å². The van der Waals surface area contributed by atoms with Gasteiger partial charge in [-0.15, -0.1) is 0 Å². The first-order chi connectivity index (χ1) is 18.5. The van der Waals surface area contributed by atoms with Crippen molar-refractivity contribution in [3.8, 4) is 0 Å². The number of unbranched alkanes of at least 4 members (excludes halogenated alkanes) is 3. The van der Waals surface area contributed by atoms with Crippen LogP contribution in [0.1, 0.15) is 95.3 Å². The van der Waals surface area contributed by atoms with Crippen LogP contribution in [0.3, 0.4) is 0 Å². The minimum atomic E-state index is -3.08. The number of ether oxygens (including phenoxy) is 2. The Morgan fingerprint density at radius 2 is 1.42 bits per heavy atom. The zero-order chi connectivity index (χ0) is 27.4. The molecule has 0 saturated carbocycles. The summed E-state index contributed by atoms with van der Waals surface area (Å²) in [6.45, 7) is 7.43. The van der Waals surface area contributed by atoms with Gasteiger partial charge in [0.15, 0.2) is 0 Å². The van der Waals surface area contributed by atoms with Crippen molar-refractivity contribution in [2.24, 2.45) is 5.41 Å². The van der Waals surface area contributed by atoms with E-state index >= 15 is 0 Å². The summed E-state index contributed by atoms with van der Waals surface area (Å²) in [6, 6.07) is 20.2. The van der Waals surface area contributed by atoms with E-state index in [4.69, 9.17) is 9.47 Å². The van der Waals surface area contributed by atoms with Crippen molar-refractivity contribution < 1.29 is 19.4 Å². The normalized spacial score (nSPS) is 21.2. The SMILES string of the molecule is CCC[CH2][Sn]([CH2]CCC)([CH2]CCC)[C@H]1OCC[C@]1(C(=O)OC)[C@H](C[C@H](O)c1ccccc1)c1ccccc1. The molecule has 2 aromatic rings. The molecule has 0 amide bonds. The number of rotatable bonds is 16. The molecule has 4 atom stereocenters. The van der Waals surface area contributed by atoms with Crippen molar-refractivity contribution in [1.29, 1.82) is 0 Å². The summed E-state index contributed by atoms with van der Waals surface area (Å²) >= 11 is -3.08. The summed E-state index contributed by atoms with van der Waals surface area (Å²) in [4.78, 5) is 14.2. The molecule has 0 unspecified atom stereocenters. The first-order valence-electron chi connectivity index (χ1n) is 15.0. The minimum absolute atomic E-state index is 0.0397. The molecule has 210 valence electrons. The molecule has 1 aliphatic heterocycles. The Morgan fingerprint density at radius 3 is 1.89 bits per heavy atom. The molecule has 0 aliphatic carbocycles. The van der Waals surface area contributed by atoms with Crippen LogP contribution in [0.15, 0.2) is 60.7 Å². The Hall–Kier alpha value is -1.37. The number of esters is 1. The molecule has 1 N–H and O–H groups in total. The van der Waals surface area contributed by atoms with Gasteiger partial charge >= 0.3 is 236 Å². The second kappa shape index (κ2) is 15.4. The van der Waals surface area contributed by atoms with Crippen LogP contribution in [0.5, 0.6) is 0 Å². The third-order valence-electron chi connectivity index (χ3n) is 8.94. The number of hydrogen-bond donors (Lipinski definition) is 1. The Balaban J connectivity index is 2.18. The van der Waals surface area contributed by atoms with Crippen LogP contribution >= 0.6 is 0 Å². The maximum absolute atomic E-state index is 14.2. The molecule has 0 bridgehead atoms. The van der Waals surface area contributed by atoms with Crippen LogP contribution in [0.4, 0.5) is 0 Å². The second-order valence-electron chi connectivity index (χ2n) is 11.3. The summed E-state index contributed by atoms with van der Waals surface area (Å²) in [5.74, 6) is -0.320. The average Bonchev–Trinajstić information content (AvgIpc) is 3.42. The molecule has 2 aromatic carbocycles. The van der Waals surface area contributed by atoms with Crippen molar-refractivity contribution in [3.63, 3.8) is 0 Å². The molecule has 0 spiro atoms. The van der Waals surface area contributed by atoms with Gasteiger partial charge in [0.05, 0.1) is 0 Å². The number of benzene rings is 2. The van der Waals surface area contributed by atoms with Gasteiger partial charge in [-0.05, 0) is 0 Å². The Labute approximate surface area is 235 Å². The summed E-state index contributed by atoms with van der Waals surface area (Å²) in [6.07, 6.45) is 7.61. The number of carbonyl (C=O) groups excluding carboxylic acids is 1. The van der Waals surface area contributed by atoms with E-state index in [1.807, 2.05) is 36.4 Å². The molecule has 5 heteroatoms. The van der Waals surface area contributed by atoms with Crippen molar-refractivity contribution in [2.45, 2.75) is 102 Å². The van der Waals surface area contributed by atoms with Gasteiger partial charge in [0.25, 0.3) is 0 Å². The second-order valence-corrected chi connectivity index (χ2v) is 24.9. The Morgan fingerprint density at radius 1 is 0.921 bits per heavy atom. The van der Waals surface area contributed by atoms with Gasteiger partial charge in [-0.25, -0.2) is 0 Å². The fourth-order valence-corrected chi connectivity index (χ4v) is 26.2. The molecule has 1 heterocycles. The summed E-state index contributed by atoms with van der Waals surface area (Å²) in [7, 11) is 1.54. The number of methoxy groups -OCH3 is 1. The first kappa shape index (κ1) is 31.2. The predicted octanol–water partition coefficient (Wildman–Crippen LogP) is 8.23. The molecule has 38 heavy (non-hydrogen) atoms. The van der Waals surface area contributed by atoms with E-state index in [0.717, 1.165) is 11.1 Å². The summed E-state index contributed by atoms with van der Waals surface area (Å²) in [5.41, 5.74) is 1.23. The summed E-state index contributed by atoms with van der Waals surface area (Å²) < 4.78 is 16.3. The quantitative estimate of drug-likeness (QED) is 0.150. The van der Waals surface area contributed by atoms with Crippen molar-refractivity contribution in [2.75, 3.05) is 13.7 Å². The van der Waals surface area contributed by atoms with E-state index in [2.05, 4.69) is 45.0 Å². The van der Waals surface area contributed by atoms with E-state index in [1.54, 1.807) is 0 Å². The Bertz CT molecular complexity index is 928. The van der Waals surface area contributed by atoms with Gasteiger partial charge in [0.2, 0.25) is 0 Å². The summed E-state index contributed by atoms with van der Waals surface area (Å²) in [5, 5.41) is 11.5. The monoisotopic (exact) mass is 630 g/mol. The molecule has 3 rings (SSSR count). The van der Waals surface area contributed by atoms with Gasteiger partial charge in [-0.3, -0.25) is 0 Å². The number of aliphatic hydroxyl groups is 1. The third kappa shape index (κ3) is 7.03. The molecule has 4 nitrogen and oxygen atoms in total. The fourth-order valence-electron chi connectivity index (χ4n) is 6.97. The molecular formula is C33H50O4Sn. The van der Waals surface area contributed by atoms with Crippen LogP contribution in [0, 0.1) is 5.41 Å². The first-order valence-corrected chi connectivity index (χ1v) is 22.7. The molecule has 1 saturated heterocycles. The third-order valence-corrected chi connectivity index (χ3v) is 25.6. The van der Waals surface area contributed by atoms with Gasteiger partial charge in [0.1, 0.15) is 0 Å². The van der Waals surface area contributed by atoms with E-state index in [-0.39, 0.29) is 16.0 Å². The predicted molar refractivity (Wildman–Crippen MR) is 159 cm³/mol. The number of hydrogen-bond acceptors (Lipinski definition) is 4.